The highest BCUT2D eigenvalue weighted by Crippen LogP contribution is 2.19. The van der Waals surface area contributed by atoms with Crippen molar-refractivity contribution < 1.29 is 60.2 Å². The van der Waals surface area contributed by atoms with E-state index in [9.17, 15) is 4.79 Å². The highest BCUT2D eigenvalue weighted by atomic mass is 32.8. The largest absolute Gasteiger partial charge is 0.455 e. The van der Waals surface area contributed by atoms with Crippen LogP contribution in [0.15, 0.2) is 0 Å². The summed E-state index contributed by atoms with van der Waals surface area (Å²) in [4.78, 5) is 10.7. The number of aliphatic hydroxyl groups excluding tert-OH is 9. The van der Waals surface area contributed by atoms with Crippen molar-refractivity contribution >= 4 is 39.2 Å². The van der Waals surface area contributed by atoms with Crippen LogP contribution in [0, 0.1) is 0 Å². The number of cyclic esters (lactones) is 1. The van der Waals surface area contributed by atoms with E-state index in [0.29, 0.717) is 0 Å². The minimum atomic E-state index is -1.73. The third kappa shape index (κ3) is 12.1. The van der Waals surface area contributed by atoms with Crippen molar-refractivity contribution in [2.75, 3.05) is 32.0 Å². The van der Waals surface area contributed by atoms with Gasteiger partial charge in [0, 0.05) is 0 Å². The van der Waals surface area contributed by atoms with Gasteiger partial charge >= 0.3 is 5.97 Å². The lowest BCUT2D eigenvalue weighted by Gasteiger charge is -2.37. The fourth-order valence-corrected chi connectivity index (χ4v) is 2.06. The number of aliphatic hydroxyl groups is 9. The zero-order valence-electron chi connectivity index (χ0n) is 16.6. The van der Waals surface area contributed by atoms with Crippen LogP contribution in [0.5, 0.6) is 0 Å². The first kappa shape index (κ1) is 35.6. The van der Waals surface area contributed by atoms with E-state index < -0.39 is 74.3 Å². The minimum absolute atomic E-state index is 0. The molecule has 0 spiro atoms. The van der Waals surface area contributed by atoms with Crippen LogP contribution in [0.2, 0.25) is 0 Å². The van der Waals surface area contributed by atoms with Gasteiger partial charge < -0.3 is 55.4 Å². The average molecular weight is 517 g/mol. The van der Waals surface area contributed by atoms with E-state index in [1.165, 1.54) is 0 Å². The molecular weight excluding hydrogens is 480 g/mol. The molecule has 15 heteroatoms. The first-order valence-corrected chi connectivity index (χ1v) is 12.3. The number of hydrogen-bond acceptors (Lipinski definition) is 14. The lowest BCUT2D eigenvalue weighted by atomic mass is 10.00. The van der Waals surface area contributed by atoms with Gasteiger partial charge in [0.15, 0.2) is 18.5 Å². The van der Waals surface area contributed by atoms with Crippen molar-refractivity contribution in [3.05, 3.63) is 0 Å². The van der Waals surface area contributed by atoms with Crippen LogP contribution in [0.3, 0.4) is 0 Å². The highest BCUT2D eigenvalue weighted by Gasteiger charge is 2.43. The molecule has 190 valence electrons. The molecule has 2 heterocycles. The predicted molar refractivity (Wildman–Crippen MR) is 119 cm³/mol. The summed E-state index contributed by atoms with van der Waals surface area (Å²) in [5.41, 5.74) is 0. The molecule has 2 aliphatic heterocycles. The molecule has 0 saturated carbocycles. The molecule has 2 fully saturated rings. The zero-order valence-corrected chi connectivity index (χ0v) is 19.2. The summed E-state index contributed by atoms with van der Waals surface area (Å²) >= 11 is 8.18. The van der Waals surface area contributed by atoms with Gasteiger partial charge in [0.05, 0.1) is 13.2 Å². The van der Waals surface area contributed by atoms with Gasteiger partial charge in [-0.3, -0.25) is 0 Å². The number of carbonyl (C=O) groups is 1. The van der Waals surface area contributed by atoms with E-state index in [2.05, 4.69) is 33.3 Å². The smallest absolute Gasteiger partial charge is 0.338 e. The van der Waals surface area contributed by atoms with Crippen molar-refractivity contribution in [2.24, 2.45) is 0 Å². The number of hydrogen-bond donors (Lipinski definition) is 10. The topological polar surface area (TPSA) is 218 Å². The van der Waals surface area contributed by atoms with E-state index in [-0.39, 0.29) is 16.9 Å². The Morgan fingerprint density at radius 1 is 0.839 bits per heavy atom. The first-order valence-electron chi connectivity index (χ1n) is 8.42. The van der Waals surface area contributed by atoms with Gasteiger partial charge in [-0.2, -0.15) is 12.6 Å². The molecule has 0 aromatic carbocycles. The van der Waals surface area contributed by atoms with E-state index in [4.69, 9.17) is 46.0 Å². The maximum atomic E-state index is 10.7. The lowest BCUT2D eigenvalue weighted by Crippen LogP contribution is -2.58. The van der Waals surface area contributed by atoms with Crippen LogP contribution in [0.25, 0.3) is 0 Å². The zero-order chi connectivity index (χ0) is 24.2. The quantitative estimate of drug-likeness (QED) is 0.123. The number of thiol groups is 1. The average Bonchev–Trinajstić information content (AvgIpc) is 2.71. The third-order valence-electron chi connectivity index (χ3n) is 3.61. The monoisotopic (exact) mass is 516 g/mol. The van der Waals surface area contributed by atoms with E-state index in [0.717, 1.165) is 0 Å². The molecule has 0 aromatic heterocycles. The summed E-state index contributed by atoms with van der Waals surface area (Å²) in [7, 11) is 0.222. The van der Waals surface area contributed by atoms with Gasteiger partial charge in [-0.05, 0) is 18.8 Å². The summed E-state index contributed by atoms with van der Waals surface area (Å²) in [6.07, 6.45) is -7.25. The SMILES string of the molecule is C.CS.CS(C)=S.O=C1OC(CO)[C@H](O)[C@@H](O)C1O.OCC1O[C@H](O)C(O)[C@H](O)[C@H]1O. The van der Waals surface area contributed by atoms with Crippen molar-refractivity contribution in [2.45, 2.75) is 62.5 Å². The summed E-state index contributed by atoms with van der Waals surface area (Å²) in [6.45, 7) is -1.11. The molecule has 0 amide bonds. The highest BCUT2D eigenvalue weighted by molar-refractivity contribution is 8.28. The molecular formula is C16H36O12S3. The first-order chi connectivity index (χ1) is 13.9. The van der Waals surface area contributed by atoms with Gasteiger partial charge in [0.25, 0.3) is 0 Å². The normalized spacial score (nSPS) is 36.8. The Kier molecular flexibility index (Phi) is 21.1. The fourth-order valence-electron chi connectivity index (χ4n) is 2.06. The molecule has 9 N–H and O–H groups in total. The fraction of sp³-hybridized carbons (Fsp3) is 0.938. The van der Waals surface area contributed by atoms with Crippen LogP contribution < -0.4 is 0 Å². The minimum Gasteiger partial charge on any atom is -0.455 e. The van der Waals surface area contributed by atoms with Crippen LogP contribution in [-0.2, 0) is 34.9 Å². The van der Waals surface area contributed by atoms with Crippen molar-refractivity contribution in [3.8, 4) is 0 Å². The second kappa shape index (κ2) is 18.4. The second-order valence-electron chi connectivity index (χ2n) is 6.04. The Hall–Kier alpha value is -0.0100. The summed E-state index contributed by atoms with van der Waals surface area (Å²) < 4.78 is 8.96. The van der Waals surface area contributed by atoms with Gasteiger partial charge in [0.1, 0.15) is 36.6 Å². The number of ether oxygens (including phenoxy) is 2. The molecule has 2 rings (SSSR count). The number of rotatable bonds is 2. The van der Waals surface area contributed by atoms with E-state index in [1.807, 2.05) is 12.5 Å². The molecule has 0 aromatic rings. The molecule has 2 saturated heterocycles. The standard InChI is InChI=1S/C6H12O6.C6H10O6.C2H6S2.CH4S.CH4/c2*7-1-2-3(8)4(9)5(10)6(11)12-2;1-4(2)3;1-2;/h2-11H,1H2;2-5,7-10H,1H2;1-2H3;2H,1H3;1H4/t2?,3-,4+,5?,6-;2?,3-,4+,5?;;;/m00.../s1. The Morgan fingerprint density at radius 2 is 1.23 bits per heavy atom. The molecule has 2 aliphatic rings. The van der Waals surface area contributed by atoms with Crippen LogP contribution in [0.4, 0.5) is 0 Å². The van der Waals surface area contributed by atoms with Gasteiger partial charge in [-0.25, -0.2) is 4.79 Å². The van der Waals surface area contributed by atoms with Crippen LogP contribution >= 0.6 is 12.6 Å². The number of carbonyl (C=O) groups excluding carboxylic acids is 1. The summed E-state index contributed by atoms with van der Waals surface area (Å²) in [5.74, 6) is -1.04. The third-order valence-corrected chi connectivity index (χ3v) is 3.61. The molecule has 9 atom stereocenters. The molecule has 31 heavy (non-hydrogen) atoms. The predicted octanol–water partition coefficient (Wildman–Crippen LogP) is -4.73. The maximum Gasteiger partial charge on any atom is 0.338 e. The molecule has 0 aliphatic carbocycles. The van der Waals surface area contributed by atoms with Gasteiger partial charge in [-0.1, -0.05) is 18.6 Å². The maximum absolute atomic E-state index is 10.7. The van der Waals surface area contributed by atoms with Crippen molar-refractivity contribution in [1.29, 1.82) is 0 Å². The summed E-state index contributed by atoms with van der Waals surface area (Å²) in [6, 6.07) is 0. The Balaban J connectivity index is -0.000000394. The molecule has 12 nitrogen and oxygen atoms in total. The Bertz CT molecular complexity index is 490. The molecule has 0 bridgehead atoms. The summed E-state index contributed by atoms with van der Waals surface area (Å²) in [5, 5.41) is 80.2. The van der Waals surface area contributed by atoms with E-state index >= 15 is 0 Å². The van der Waals surface area contributed by atoms with Crippen LogP contribution in [-0.4, -0.2) is 139 Å². The van der Waals surface area contributed by atoms with Crippen molar-refractivity contribution in [1.82, 2.24) is 0 Å². The second-order valence-corrected chi connectivity index (χ2v) is 9.53. The van der Waals surface area contributed by atoms with Gasteiger partial charge in [0.2, 0.25) is 0 Å². The lowest BCUT2D eigenvalue weighted by molar-refractivity contribution is -0.286. The Labute approximate surface area is 194 Å². The Morgan fingerprint density at radius 3 is 1.61 bits per heavy atom. The molecule has 4 unspecified atom stereocenters. The molecule has 0 radical (unpaired) electrons. The van der Waals surface area contributed by atoms with Crippen molar-refractivity contribution in [3.63, 3.8) is 0 Å². The number of esters is 1. The van der Waals surface area contributed by atoms with Crippen LogP contribution in [0.1, 0.15) is 7.43 Å². The van der Waals surface area contributed by atoms with E-state index in [1.54, 1.807) is 6.26 Å². The van der Waals surface area contributed by atoms with Gasteiger partial charge in [-0.15, -0.1) is 9.45 Å².